The number of hydrogen-bond acceptors (Lipinski definition) is 1. The van der Waals surface area contributed by atoms with E-state index in [0.717, 1.165) is 19.5 Å². The van der Waals surface area contributed by atoms with Crippen LogP contribution >= 0.6 is 0 Å². The van der Waals surface area contributed by atoms with E-state index in [0.29, 0.717) is 0 Å². The number of hydrogen-bond donors (Lipinski definition) is 1. The van der Waals surface area contributed by atoms with Crippen molar-refractivity contribution in [3.05, 3.63) is 59.7 Å². The minimum atomic E-state index is 0.945. The lowest BCUT2D eigenvalue weighted by Gasteiger charge is -2.11. The molecule has 0 aliphatic heterocycles. The van der Waals surface area contributed by atoms with E-state index in [-0.39, 0.29) is 0 Å². The number of benzene rings is 2. The molecule has 0 aromatic heterocycles. The van der Waals surface area contributed by atoms with Crippen LogP contribution in [0.4, 0.5) is 0 Å². The molecule has 1 N–H and O–H groups in total. The molecule has 0 radical (unpaired) electrons. The van der Waals surface area contributed by atoms with E-state index in [1.54, 1.807) is 0 Å². The van der Waals surface area contributed by atoms with Gasteiger partial charge in [-0.1, -0.05) is 62.4 Å². The Morgan fingerprint density at radius 1 is 0.947 bits per heavy atom. The van der Waals surface area contributed by atoms with Gasteiger partial charge in [0.1, 0.15) is 0 Å². The Bertz CT molecular complexity index is 517. The van der Waals surface area contributed by atoms with Crippen LogP contribution in [0.5, 0.6) is 0 Å². The normalized spacial score (nSPS) is 10.6. The van der Waals surface area contributed by atoms with Crippen molar-refractivity contribution in [3.63, 3.8) is 0 Å². The summed E-state index contributed by atoms with van der Waals surface area (Å²) in [5.41, 5.74) is 5.45. The third kappa shape index (κ3) is 3.68. The van der Waals surface area contributed by atoms with Crippen LogP contribution in [0.25, 0.3) is 11.1 Å². The van der Waals surface area contributed by atoms with Gasteiger partial charge in [0, 0.05) is 6.54 Å². The summed E-state index contributed by atoms with van der Waals surface area (Å²) in [6.45, 7) is 6.42. The molecule has 2 aromatic carbocycles. The van der Waals surface area contributed by atoms with Crippen molar-refractivity contribution < 1.29 is 0 Å². The van der Waals surface area contributed by atoms with Crippen molar-refractivity contribution in [1.82, 2.24) is 5.32 Å². The van der Waals surface area contributed by atoms with Gasteiger partial charge in [-0.15, -0.1) is 0 Å². The average molecular weight is 253 g/mol. The first-order chi connectivity index (χ1) is 9.35. The van der Waals surface area contributed by atoms with Crippen molar-refractivity contribution in [2.24, 2.45) is 0 Å². The summed E-state index contributed by atoms with van der Waals surface area (Å²) in [5, 5.41) is 3.49. The maximum atomic E-state index is 3.49. The van der Waals surface area contributed by atoms with E-state index in [2.05, 4.69) is 67.7 Å². The molecule has 100 valence electrons. The van der Waals surface area contributed by atoms with Gasteiger partial charge in [-0.05, 0) is 41.6 Å². The highest BCUT2D eigenvalue weighted by molar-refractivity contribution is 5.68. The summed E-state index contributed by atoms with van der Waals surface area (Å²) in [4.78, 5) is 0. The Morgan fingerprint density at radius 2 is 1.79 bits per heavy atom. The Balaban J connectivity index is 2.27. The molecule has 0 aliphatic rings. The van der Waals surface area contributed by atoms with Crippen LogP contribution in [0.2, 0.25) is 0 Å². The first kappa shape index (κ1) is 13.8. The van der Waals surface area contributed by atoms with E-state index < -0.39 is 0 Å². The second-order valence-electron chi connectivity index (χ2n) is 4.89. The molecule has 0 unspecified atom stereocenters. The molecule has 1 heteroatoms. The van der Waals surface area contributed by atoms with Crippen LogP contribution in [0.1, 0.15) is 31.4 Å². The van der Waals surface area contributed by atoms with E-state index in [1.165, 1.54) is 28.7 Å². The van der Waals surface area contributed by atoms with E-state index >= 15 is 0 Å². The van der Waals surface area contributed by atoms with Crippen molar-refractivity contribution in [2.45, 2.75) is 33.2 Å². The second-order valence-corrected chi connectivity index (χ2v) is 4.89. The molecule has 0 spiro atoms. The van der Waals surface area contributed by atoms with Crippen molar-refractivity contribution in [2.75, 3.05) is 6.54 Å². The molecule has 0 atom stereocenters. The van der Waals surface area contributed by atoms with Crippen molar-refractivity contribution in [3.8, 4) is 11.1 Å². The van der Waals surface area contributed by atoms with Gasteiger partial charge in [0.2, 0.25) is 0 Å². The summed E-state index contributed by atoms with van der Waals surface area (Å²) < 4.78 is 0. The summed E-state index contributed by atoms with van der Waals surface area (Å²) >= 11 is 0. The topological polar surface area (TPSA) is 12.0 Å². The van der Waals surface area contributed by atoms with Crippen LogP contribution in [-0.4, -0.2) is 6.54 Å². The predicted molar refractivity (Wildman–Crippen MR) is 83.3 cm³/mol. The molecule has 19 heavy (non-hydrogen) atoms. The maximum absolute atomic E-state index is 3.49. The molecule has 2 rings (SSSR count). The zero-order valence-electron chi connectivity index (χ0n) is 11.9. The molecule has 0 amide bonds. The lowest BCUT2D eigenvalue weighted by atomic mass is 9.97. The van der Waals surface area contributed by atoms with Crippen molar-refractivity contribution >= 4 is 0 Å². The minimum absolute atomic E-state index is 0.945. The van der Waals surface area contributed by atoms with Gasteiger partial charge in [0.05, 0.1) is 0 Å². The lowest BCUT2D eigenvalue weighted by molar-refractivity contribution is 0.676. The maximum Gasteiger partial charge on any atom is 0.0211 e. The number of aryl methyl sites for hydroxylation is 1. The molecule has 2 aromatic rings. The lowest BCUT2D eigenvalue weighted by Crippen LogP contribution is -2.14. The fraction of sp³-hybridized carbons (Fsp3) is 0.333. The Morgan fingerprint density at radius 3 is 2.58 bits per heavy atom. The Hall–Kier alpha value is -1.60. The highest BCUT2D eigenvalue weighted by Crippen LogP contribution is 2.24. The zero-order chi connectivity index (χ0) is 13.5. The monoisotopic (exact) mass is 253 g/mol. The van der Waals surface area contributed by atoms with E-state index in [9.17, 15) is 0 Å². The van der Waals surface area contributed by atoms with E-state index in [4.69, 9.17) is 0 Å². The molecule has 0 fully saturated rings. The fourth-order valence-electron chi connectivity index (χ4n) is 2.31. The highest BCUT2D eigenvalue weighted by atomic mass is 14.8. The van der Waals surface area contributed by atoms with E-state index in [1.807, 2.05) is 0 Å². The molecular formula is C18H23N. The third-order valence-electron chi connectivity index (χ3n) is 3.41. The Kier molecular flexibility index (Phi) is 5.17. The molecule has 0 saturated carbocycles. The van der Waals surface area contributed by atoms with Gasteiger partial charge < -0.3 is 5.32 Å². The predicted octanol–water partition coefficient (Wildman–Crippen LogP) is 4.42. The molecule has 0 bridgehead atoms. The number of nitrogens with one attached hydrogen (secondary N) is 1. The number of rotatable bonds is 6. The minimum Gasteiger partial charge on any atom is -0.313 e. The van der Waals surface area contributed by atoms with Gasteiger partial charge in [0.15, 0.2) is 0 Å². The fourth-order valence-corrected chi connectivity index (χ4v) is 2.31. The zero-order valence-corrected chi connectivity index (χ0v) is 11.9. The van der Waals surface area contributed by atoms with Gasteiger partial charge in [-0.3, -0.25) is 0 Å². The van der Waals surface area contributed by atoms with Crippen LogP contribution < -0.4 is 5.32 Å². The van der Waals surface area contributed by atoms with Crippen LogP contribution in [0.3, 0.4) is 0 Å². The smallest absolute Gasteiger partial charge is 0.0211 e. The highest BCUT2D eigenvalue weighted by Gasteiger charge is 2.04. The molecular weight excluding hydrogens is 230 g/mol. The van der Waals surface area contributed by atoms with Crippen molar-refractivity contribution in [1.29, 1.82) is 0 Å². The largest absolute Gasteiger partial charge is 0.313 e. The Labute approximate surface area is 116 Å². The SMILES string of the molecule is CCCNCc1ccccc1-c1cccc(CC)c1. The van der Waals surface area contributed by atoms with Crippen LogP contribution in [-0.2, 0) is 13.0 Å². The van der Waals surface area contributed by atoms with Gasteiger partial charge in [-0.25, -0.2) is 0 Å². The van der Waals surface area contributed by atoms with Gasteiger partial charge >= 0.3 is 0 Å². The summed E-state index contributed by atoms with van der Waals surface area (Å²) in [7, 11) is 0. The van der Waals surface area contributed by atoms with Crippen LogP contribution in [0.15, 0.2) is 48.5 Å². The second kappa shape index (κ2) is 7.10. The molecule has 1 nitrogen and oxygen atoms in total. The molecule has 0 saturated heterocycles. The molecule has 0 heterocycles. The first-order valence-electron chi connectivity index (χ1n) is 7.23. The summed E-state index contributed by atoms with van der Waals surface area (Å²) in [5.74, 6) is 0. The summed E-state index contributed by atoms with van der Waals surface area (Å²) in [6, 6.07) is 17.5. The standard InChI is InChI=1S/C18H23N/c1-3-12-19-14-17-9-5-6-11-18(17)16-10-7-8-15(4-2)13-16/h5-11,13,19H,3-4,12,14H2,1-2H3. The quantitative estimate of drug-likeness (QED) is 0.752. The van der Waals surface area contributed by atoms with Gasteiger partial charge in [-0.2, -0.15) is 0 Å². The average Bonchev–Trinajstić information content (AvgIpc) is 2.48. The third-order valence-corrected chi connectivity index (χ3v) is 3.41. The van der Waals surface area contributed by atoms with Gasteiger partial charge in [0.25, 0.3) is 0 Å². The first-order valence-corrected chi connectivity index (χ1v) is 7.23. The molecule has 0 aliphatic carbocycles. The van der Waals surface area contributed by atoms with Crippen LogP contribution in [0, 0.1) is 0 Å². The summed E-state index contributed by atoms with van der Waals surface area (Å²) in [6.07, 6.45) is 2.26.